The molecule has 2 unspecified atom stereocenters. The summed E-state index contributed by atoms with van der Waals surface area (Å²) in [6.45, 7) is 2.57. The first-order valence-corrected chi connectivity index (χ1v) is 14.7. The monoisotopic (exact) mass is 576 g/mol. The number of piperidine rings is 1. The number of likely N-dealkylation sites (N-methyl/N-ethyl adjacent to an activating group) is 1. The van der Waals surface area contributed by atoms with Gasteiger partial charge in [0.05, 0.1) is 10.0 Å². The topological polar surface area (TPSA) is 32.3 Å². The maximum Gasteiger partial charge on any atom is 0.251 e. The van der Waals surface area contributed by atoms with E-state index in [1.165, 1.54) is 17.2 Å². The second-order valence-corrected chi connectivity index (χ2v) is 11.9. The number of hydrogen-bond donors (Lipinski definition) is 1. The average molecular weight is 578 g/mol. The van der Waals surface area contributed by atoms with Gasteiger partial charge >= 0.3 is 0 Å². The van der Waals surface area contributed by atoms with E-state index in [0.717, 1.165) is 45.2 Å². The van der Waals surface area contributed by atoms with Crippen LogP contribution in [0.2, 0.25) is 10.0 Å². The maximum atomic E-state index is 14.2. The summed E-state index contributed by atoms with van der Waals surface area (Å²) in [7, 11) is 2.19. The minimum atomic E-state index is -0.314. The molecule has 0 saturated carbocycles. The number of benzene rings is 4. The summed E-state index contributed by atoms with van der Waals surface area (Å²) < 4.78 is 14.2. The molecule has 40 heavy (non-hydrogen) atoms. The molecule has 4 aromatic rings. The summed E-state index contributed by atoms with van der Waals surface area (Å²) in [6, 6.07) is 26.9. The Kier molecular flexibility index (Phi) is 9.10. The molecule has 2 atom stereocenters. The van der Waals surface area contributed by atoms with Gasteiger partial charge in [0.2, 0.25) is 0 Å². The van der Waals surface area contributed by atoms with Crippen LogP contribution in [-0.2, 0) is 6.42 Å². The van der Waals surface area contributed by atoms with E-state index in [0.29, 0.717) is 38.8 Å². The van der Waals surface area contributed by atoms with Gasteiger partial charge in [-0.15, -0.1) is 0 Å². The average Bonchev–Trinajstić information content (AvgIpc) is 2.96. The highest BCUT2D eigenvalue weighted by molar-refractivity contribution is 6.42. The molecular weight excluding hydrogens is 542 g/mol. The summed E-state index contributed by atoms with van der Waals surface area (Å²) in [6.07, 6.45) is 4.96. The van der Waals surface area contributed by atoms with Gasteiger partial charge < -0.3 is 10.2 Å². The molecule has 5 rings (SSSR count). The Bertz CT molecular complexity index is 1480. The van der Waals surface area contributed by atoms with Crippen LogP contribution in [0.1, 0.15) is 53.1 Å². The number of nitrogens with zero attached hydrogens (tertiary/aromatic N) is 1. The lowest BCUT2D eigenvalue weighted by atomic mass is 9.62. The summed E-state index contributed by atoms with van der Waals surface area (Å²) in [5.41, 5.74) is 3.14. The molecule has 1 heterocycles. The van der Waals surface area contributed by atoms with Crippen molar-refractivity contribution >= 4 is 39.9 Å². The van der Waals surface area contributed by atoms with E-state index in [1.54, 1.807) is 24.3 Å². The van der Waals surface area contributed by atoms with Crippen molar-refractivity contribution in [3.8, 4) is 0 Å². The molecule has 208 valence electrons. The highest BCUT2D eigenvalue weighted by Gasteiger charge is 2.42. The van der Waals surface area contributed by atoms with Crippen molar-refractivity contribution < 1.29 is 9.18 Å². The van der Waals surface area contributed by atoms with Crippen LogP contribution in [0.5, 0.6) is 0 Å². The number of halogens is 3. The lowest BCUT2D eigenvalue weighted by Crippen LogP contribution is -2.46. The molecule has 0 radical (unpaired) electrons. The molecule has 1 amide bonds. The molecule has 1 aliphatic heterocycles. The Hall–Kier alpha value is -2.92. The fourth-order valence-electron chi connectivity index (χ4n) is 6.33. The van der Waals surface area contributed by atoms with Crippen LogP contribution in [0.25, 0.3) is 10.8 Å². The fourth-order valence-corrected chi connectivity index (χ4v) is 6.64. The van der Waals surface area contributed by atoms with E-state index >= 15 is 0 Å². The van der Waals surface area contributed by atoms with Gasteiger partial charge in [0.15, 0.2) is 0 Å². The minimum absolute atomic E-state index is 0.0577. The summed E-state index contributed by atoms with van der Waals surface area (Å²) >= 11 is 12.8. The van der Waals surface area contributed by atoms with E-state index in [2.05, 4.69) is 53.7 Å². The third-order valence-electron chi connectivity index (χ3n) is 8.47. The third kappa shape index (κ3) is 6.35. The standard InChI is InChI=1S/C34H35Cl2FN2O/c1-39-20-18-34(22-24-9-3-2-4-10-24,29(23-39)25-13-15-30(35)31(36)21-25)17-7-8-19-38-33(40)28-14-16-32(37)27-12-6-5-11-26(27)28/h2-6,9-16,21,29H,7-8,17-20,22-23H2,1H3,(H,38,40). The van der Waals surface area contributed by atoms with Gasteiger partial charge in [-0.1, -0.05) is 90.3 Å². The molecule has 1 saturated heterocycles. The van der Waals surface area contributed by atoms with Gasteiger partial charge in [-0.05, 0) is 85.5 Å². The lowest BCUT2D eigenvalue weighted by molar-refractivity contribution is 0.0777. The fraction of sp³-hybridized carbons (Fsp3) is 0.324. The molecule has 0 aromatic heterocycles. The molecular formula is C34H35Cl2FN2O. The highest BCUT2D eigenvalue weighted by Crippen LogP contribution is 2.49. The van der Waals surface area contributed by atoms with E-state index in [-0.39, 0.29) is 17.1 Å². The van der Waals surface area contributed by atoms with Crippen LogP contribution in [-0.4, -0.2) is 37.5 Å². The Morgan fingerprint density at radius 3 is 2.48 bits per heavy atom. The number of carbonyl (C=O) groups is 1. The summed E-state index contributed by atoms with van der Waals surface area (Å²) in [4.78, 5) is 15.4. The maximum absolute atomic E-state index is 14.2. The zero-order valence-electron chi connectivity index (χ0n) is 22.8. The number of fused-ring (bicyclic) bond motifs is 1. The van der Waals surface area contributed by atoms with Crippen LogP contribution in [0, 0.1) is 11.2 Å². The number of nitrogens with one attached hydrogen (secondary N) is 1. The van der Waals surface area contributed by atoms with Gasteiger partial charge in [-0.3, -0.25) is 4.79 Å². The van der Waals surface area contributed by atoms with E-state index in [1.807, 2.05) is 18.2 Å². The van der Waals surface area contributed by atoms with Gasteiger partial charge in [0, 0.05) is 30.0 Å². The number of carbonyl (C=O) groups excluding carboxylic acids is 1. The normalized spacial score (nSPS) is 19.6. The zero-order chi connectivity index (χ0) is 28.1. The second-order valence-electron chi connectivity index (χ2n) is 11.1. The van der Waals surface area contributed by atoms with E-state index in [4.69, 9.17) is 23.2 Å². The van der Waals surface area contributed by atoms with Crippen molar-refractivity contribution in [2.75, 3.05) is 26.7 Å². The molecule has 3 nitrogen and oxygen atoms in total. The van der Waals surface area contributed by atoms with Crippen LogP contribution in [0.15, 0.2) is 84.9 Å². The smallest absolute Gasteiger partial charge is 0.251 e. The van der Waals surface area contributed by atoms with Crippen molar-refractivity contribution in [3.63, 3.8) is 0 Å². The predicted molar refractivity (Wildman–Crippen MR) is 164 cm³/mol. The van der Waals surface area contributed by atoms with Gasteiger partial charge in [0.25, 0.3) is 5.91 Å². The van der Waals surface area contributed by atoms with Crippen LogP contribution >= 0.6 is 23.2 Å². The van der Waals surface area contributed by atoms with Crippen molar-refractivity contribution in [2.45, 2.75) is 38.0 Å². The van der Waals surface area contributed by atoms with E-state index in [9.17, 15) is 9.18 Å². The number of rotatable bonds is 9. The molecule has 4 aromatic carbocycles. The molecule has 1 aliphatic rings. The SMILES string of the molecule is CN1CCC(CCCCNC(=O)c2ccc(F)c3ccccc23)(Cc2ccccc2)C(c2ccc(Cl)c(Cl)c2)C1. The van der Waals surface area contributed by atoms with Gasteiger partial charge in [-0.25, -0.2) is 4.39 Å². The molecule has 1 fully saturated rings. The summed E-state index contributed by atoms with van der Waals surface area (Å²) in [5, 5.41) is 5.35. The van der Waals surface area contributed by atoms with Crippen LogP contribution in [0.3, 0.4) is 0 Å². The molecule has 0 aliphatic carbocycles. The van der Waals surface area contributed by atoms with Gasteiger partial charge in [-0.2, -0.15) is 0 Å². The number of likely N-dealkylation sites (tertiary alicyclic amines) is 1. The van der Waals surface area contributed by atoms with Crippen molar-refractivity contribution in [2.24, 2.45) is 5.41 Å². The second kappa shape index (κ2) is 12.7. The highest BCUT2D eigenvalue weighted by atomic mass is 35.5. The number of unbranched alkanes of at least 4 members (excludes halogenated alkanes) is 1. The first kappa shape index (κ1) is 28.6. The third-order valence-corrected chi connectivity index (χ3v) is 9.21. The number of hydrogen-bond acceptors (Lipinski definition) is 2. The Labute approximate surface area is 246 Å². The predicted octanol–water partition coefficient (Wildman–Crippen LogP) is 8.53. The Morgan fingerprint density at radius 2 is 1.70 bits per heavy atom. The number of amides is 1. The van der Waals surface area contributed by atoms with Crippen molar-refractivity contribution in [3.05, 3.63) is 117 Å². The first-order valence-electron chi connectivity index (χ1n) is 14.0. The molecule has 0 spiro atoms. The van der Waals surface area contributed by atoms with E-state index < -0.39 is 0 Å². The summed E-state index contributed by atoms with van der Waals surface area (Å²) in [5.74, 6) is -0.171. The first-order chi connectivity index (χ1) is 19.4. The van der Waals surface area contributed by atoms with Crippen molar-refractivity contribution in [1.29, 1.82) is 0 Å². The molecule has 1 N–H and O–H groups in total. The van der Waals surface area contributed by atoms with Crippen LogP contribution < -0.4 is 5.32 Å². The molecule has 0 bridgehead atoms. The lowest BCUT2D eigenvalue weighted by Gasteiger charge is -2.48. The Morgan fingerprint density at radius 1 is 0.950 bits per heavy atom. The minimum Gasteiger partial charge on any atom is -0.352 e. The Balaban J connectivity index is 1.31. The van der Waals surface area contributed by atoms with Gasteiger partial charge in [0.1, 0.15) is 5.82 Å². The quantitative estimate of drug-likeness (QED) is 0.202. The largest absolute Gasteiger partial charge is 0.352 e. The molecule has 6 heteroatoms. The zero-order valence-corrected chi connectivity index (χ0v) is 24.3. The van der Waals surface area contributed by atoms with Crippen molar-refractivity contribution in [1.82, 2.24) is 10.2 Å². The van der Waals surface area contributed by atoms with Crippen LogP contribution in [0.4, 0.5) is 4.39 Å².